The van der Waals surface area contributed by atoms with Crippen molar-refractivity contribution >= 4 is 17.7 Å². The quantitative estimate of drug-likeness (QED) is 0.778. The summed E-state index contributed by atoms with van der Waals surface area (Å²) in [4.78, 5) is 8.33. The van der Waals surface area contributed by atoms with Crippen molar-refractivity contribution in [3.8, 4) is 5.88 Å². The molecule has 1 heterocycles. The molecular weight excluding hydrogens is 260 g/mol. The molecule has 0 radical (unpaired) electrons. The molecule has 1 aromatic heterocycles. The lowest BCUT2D eigenvalue weighted by molar-refractivity contribution is 0.347. The van der Waals surface area contributed by atoms with Crippen LogP contribution >= 0.6 is 11.6 Å². The summed E-state index contributed by atoms with van der Waals surface area (Å²) in [5.41, 5.74) is 1.14. The van der Waals surface area contributed by atoms with Crippen LogP contribution in [-0.4, -0.2) is 16.6 Å². The van der Waals surface area contributed by atoms with Crippen LogP contribution in [-0.2, 0) is 6.42 Å². The van der Waals surface area contributed by atoms with Crippen LogP contribution in [0.2, 0.25) is 5.15 Å². The molecule has 0 spiro atoms. The minimum absolute atomic E-state index is 0.411. The molecule has 0 unspecified atom stereocenters. The summed E-state index contributed by atoms with van der Waals surface area (Å²) in [6.07, 6.45) is 4.68. The van der Waals surface area contributed by atoms with Gasteiger partial charge in [-0.15, -0.1) is 0 Å². The second kappa shape index (κ2) is 6.90. The highest BCUT2D eigenvalue weighted by Gasteiger charge is 2.01. The third kappa shape index (κ3) is 4.38. The van der Waals surface area contributed by atoms with E-state index in [9.17, 15) is 0 Å². The molecule has 0 aliphatic rings. The Balaban J connectivity index is 1.92. The smallest absolute Gasteiger partial charge is 0.218 e. The van der Waals surface area contributed by atoms with Gasteiger partial charge in [-0.2, -0.15) is 4.98 Å². The van der Waals surface area contributed by atoms with E-state index in [0.29, 0.717) is 23.5 Å². The van der Waals surface area contributed by atoms with Crippen LogP contribution in [0.4, 0.5) is 0 Å². The van der Waals surface area contributed by atoms with Crippen molar-refractivity contribution < 1.29 is 4.74 Å². The van der Waals surface area contributed by atoms with Crippen LogP contribution in [0.1, 0.15) is 18.3 Å². The van der Waals surface area contributed by atoms with Gasteiger partial charge in [0.2, 0.25) is 5.88 Å². The molecule has 4 heteroatoms. The number of aromatic nitrogens is 2. The molecule has 2 aromatic rings. The first-order chi connectivity index (χ1) is 9.28. The summed E-state index contributed by atoms with van der Waals surface area (Å²) in [6, 6.07) is 11.7. The topological polar surface area (TPSA) is 35.0 Å². The Kier molecular flexibility index (Phi) is 4.93. The number of hydrogen-bond acceptors (Lipinski definition) is 3. The Hall–Kier alpha value is -1.87. The van der Waals surface area contributed by atoms with E-state index in [1.807, 2.05) is 49.4 Å². The molecule has 0 bridgehead atoms. The van der Waals surface area contributed by atoms with E-state index in [1.54, 1.807) is 6.07 Å². The van der Waals surface area contributed by atoms with Crippen molar-refractivity contribution in [3.05, 3.63) is 59.0 Å². The normalized spacial score (nSPS) is 10.8. The highest BCUT2D eigenvalue weighted by Crippen LogP contribution is 2.14. The summed E-state index contributed by atoms with van der Waals surface area (Å²) in [7, 11) is 0. The lowest BCUT2D eigenvalue weighted by Crippen LogP contribution is -2.00. The minimum atomic E-state index is 0.411. The van der Waals surface area contributed by atoms with E-state index in [4.69, 9.17) is 16.3 Å². The van der Waals surface area contributed by atoms with E-state index in [1.165, 1.54) is 0 Å². The zero-order valence-electron chi connectivity index (χ0n) is 10.7. The Labute approximate surface area is 117 Å². The van der Waals surface area contributed by atoms with Gasteiger partial charge in [-0.05, 0) is 11.6 Å². The molecule has 0 atom stereocenters. The van der Waals surface area contributed by atoms with E-state index in [0.717, 1.165) is 12.0 Å². The molecule has 1 aromatic carbocycles. The van der Waals surface area contributed by atoms with Crippen LogP contribution in [0, 0.1) is 0 Å². The van der Waals surface area contributed by atoms with Crippen LogP contribution < -0.4 is 4.74 Å². The molecule has 19 heavy (non-hydrogen) atoms. The largest absolute Gasteiger partial charge is 0.473 e. The second-order valence-electron chi connectivity index (χ2n) is 3.92. The fraction of sp³-hybridized carbons (Fsp3) is 0.200. The molecular formula is C15H15ClN2O. The lowest BCUT2D eigenvalue weighted by atomic mass is 10.2. The van der Waals surface area contributed by atoms with Crippen molar-refractivity contribution in [1.82, 2.24) is 9.97 Å². The van der Waals surface area contributed by atoms with E-state index >= 15 is 0 Å². The summed E-state index contributed by atoms with van der Waals surface area (Å²) in [5.74, 6) is 1.20. The first-order valence-electron chi connectivity index (χ1n) is 6.16. The number of benzene rings is 1. The summed E-state index contributed by atoms with van der Waals surface area (Å²) in [5, 5.41) is 0.411. The van der Waals surface area contributed by atoms with Crippen molar-refractivity contribution in [2.24, 2.45) is 0 Å². The highest BCUT2D eigenvalue weighted by molar-refractivity contribution is 6.29. The molecule has 0 N–H and O–H groups in total. The van der Waals surface area contributed by atoms with Gasteiger partial charge in [-0.1, -0.05) is 54.9 Å². The average molecular weight is 275 g/mol. The van der Waals surface area contributed by atoms with E-state index in [-0.39, 0.29) is 0 Å². The number of ether oxygens (including phenoxy) is 1. The number of aryl methyl sites for hydroxylation is 1. The van der Waals surface area contributed by atoms with Crippen molar-refractivity contribution in [3.63, 3.8) is 0 Å². The van der Waals surface area contributed by atoms with Gasteiger partial charge in [0.05, 0.1) is 0 Å². The van der Waals surface area contributed by atoms with Crippen molar-refractivity contribution in [2.45, 2.75) is 13.3 Å². The first kappa shape index (κ1) is 13.6. The molecule has 0 aliphatic heterocycles. The Morgan fingerprint density at radius 2 is 2.00 bits per heavy atom. The maximum Gasteiger partial charge on any atom is 0.218 e. The van der Waals surface area contributed by atoms with Gasteiger partial charge in [0.15, 0.2) is 0 Å². The van der Waals surface area contributed by atoms with Crippen molar-refractivity contribution in [2.75, 3.05) is 6.61 Å². The number of hydrogen-bond donors (Lipinski definition) is 0. The Bertz CT molecular complexity index is 555. The third-order valence-corrected chi connectivity index (χ3v) is 2.66. The zero-order valence-corrected chi connectivity index (χ0v) is 11.5. The molecule has 0 amide bonds. The molecule has 0 saturated carbocycles. The fourth-order valence-corrected chi connectivity index (χ4v) is 1.75. The fourth-order valence-electron chi connectivity index (χ4n) is 1.56. The van der Waals surface area contributed by atoms with Gasteiger partial charge in [-0.3, -0.25) is 0 Å². The number of rotatable bonds is 5. The maximum atomic E-state index is 5.89. The van der Waals surface area contributed by atoms with Gasteiger partial charge >= 0.3 is 0 Å². The molecule has 2 rings (SSSR count). The number of nitrogens with zero attached hydrogens (tertiary/aromatic N) is 2. The third-order valence-electron chi connectivity index (χ3n) is 2.47. The molecule has 3 nitrogen and oxygen atoms in total. The van der Waals surface area contributed by atoms with E-state index in [2.05, 4.69) is 9.97 Å². The average Bonchev–Trinajstić information content (AvgIpc) is 2.44. The van der Waals surface area contributed by atoms with Crippen LogP contribution in [0.25, 0.3) is 6.08 Å². The molecule has 98 valence electrons. The summed E-state index contributed by atoms with van der Waals surface area (Å²) in [6.45, 7) is 2.43. The van der Waals surface area contributed by atoms with E-state index < -0.39 is 0 Å². The molecule has 0 aliphatic carbocycles. The zero-order chi connectivity index (χ0) is 13.5. The van der Waals surface area contributed by atoms with Crippen LogP contribution in [0.3, 0.4) is 0 Å². The Morgan fingerprint density at radius 3 is 2.74 bits per heavy atom. The van der Waals surface area contributed by atoms with Crippen LogP contribution in [0.15, 0.2) is 42.5 Å². The monoisotopic (exact) mass is 274 g/mol. The predicted molar refractivity (Wildman–Crippen MR) is 77.4 cm³/mol. The SMILES string of the molecule is CCc1nc(Cl)cc(OC/C=C/c2ccccc2)n1. The minimum Gasteiger partial charge on any atom is -0.473 e. The van der Waals surface area contributed by atoms with Gasteiger partial charge in [0.25, 0.3) is 0 Å². The van der Waals surface area contributed by atoms with Crippen molar-refractivity contribution in [1.29, 1.82) is 0 Å². The van der Waals surface area contributed by atoms with Gasteiger partial charge < -0.3 is 4.74 Å². The molecule has 0 fully saturated rings. The second-order valence-corrected chi connectivity index (χ2v) is 4.31. The standard InChI is InChI=1S/C15H15ClN2O/c1-2-14-17-13(16)11-15(18-14)19-10-6-9-12-7-4-3-5-8-12/h3-9,11H,2,10H2,1H3/b9-6+. The molecule has 0 saturated heterocycles. The summed E-state index contributed by atoms with van der Waals surface area (Å²) >= 11 is 5.89. The number of halogens is 1. The first-order valence-corrected chi connectivity index (χ1v) is 6.53. The van der Waals surface area contributed by atoms with Gasteiger partial charge in [-0.25, -0.2) is 4.98 Å². The summed E-state index contributed by atoms with van der Waals surface area (Å²) < 4.78 is 5.53. The van der Waals surface area contributed by atoms with Gasteiger partial charge in [0.1, 0.15) is 17.6 Å². The Morgan fingerprint density at radius 1 is 1.21 bits per heavy atom. The van der Waals surface area contributed by atoms with Crippen LogP contribution in [0.5, 0.6) is 5.88 Å². The highest BCUT2D eigenvalue weighted by atomic mass is 35.5. The van der Waals surface area contributed by atoms with Gasteiger partial charge in [0, 0.05) is 12.5 Å². The lowest BCUT2D eigenvalue weighted by Gasteiger charge is -2.04. The predicted octanol–water partition coefficient (Wildman–Crippen LogP) is 3.78. The maximum absolute atomic E-state index is 5.89.